The molecule has 3 heteroatoms. The van der Waals surface area contributed by atoms with Crippen LogP contribution in [0.4, 0.5) is 0 Å². The maximum atomic E-state index is 12.4. The number of hydrogen-bond donors (Lipinski definition) is 2. The molecule has 0 aromatic rings. The second kappa shape index (κ2) is 4.67. The molecule has 4 aliphatic carbocycles. The van der Waals surface area contributed by atoms with Crippen LogP contribution in [0.2, 0.25) is 0 Å². The molecule has 0 spiro atoms. The molecule has 3 saturated carbocycles. The van der Waals surface area contributed by atoms with E-state index in [-0.39, 0.29) is 22.7 Å². The quantitative estimate of drug-likeness (QED) is 0.677. The first kappa shape index (κ1) is 14.9. The predicted octanol–water partition coefficient (Wildman–Crippen LogP) is 2.85. The van der Waals surface area contributed by atoms with Crippen molar-refractivity contribution in [1.29, 1.82) is 0 Å². The van der Waals surface area contributed by atoms with Crippen molar-refractivity contribution >= 4 is 5.78 Å². The number of aliphatic hydroxyl groups excluding tert-OH is 2. The Bertz CT molecular complexity index is 539. The molecule has 0 amide bonds. The van der Waals surface area contributed by atoms with Gasteiger partial charge < -0.3 is 10.2 Å². The van der Waals surface area contributed by atoms with Crippen molar-refractivity contribution in [1.82, 2.24) is 0 Å². The SMILES string of the molecule is C[C@@]12CC[C@@H]3[C@H](CC=C4C[C@@H](O)CC[C@@]43C)[C@H]1C[C@@H](O)C2=O. The van der Waals surface area contributed by atoms with Crippen molar-refractivity contribution in [3.63, 3.8) is 0 Å². The van der Waals surface area contributed by atoms with Crippen LogP contribution in [0.5, 0.6) is 0 Å². The van der Waals surface area contributed by atoms with Gasteiger partial charge in [0, 0.05) is 5.41 Å². The zero-order chi connectivity index (χ0) is 15.7. The maximum Gasteiger partial charge on any atom is 0.167 e. The molecule has 3 fully saturated rings. The van der Waals surface area contributed by atoms with Crippen LogP contribution in [0.15, 0.2) is 11.6 Å². The van der Waals surface area contributed by atoms with Gasteiger partial charge in [-0.25, -0.2) is 0 Å². The highest BCUT2D eigenvalue weighted by Gasteiger charge is 2.60. The Hall–Kier alpha value is -0.670. The van der Waals surface area contributed by atoms with Gasteiger partial charge in [-0.05, 0) is 68.1 Å². The van der Waals surface area contributed by atoms with Gasteiger partial charge in [0.25, 0.3) is 0 Å². The fraction of sp³-hybridized carbons (Fsp3) is 0.842. The highest BCUT2D eigenvalue weighted by molar-refractivity contribution is 5.91. The van der Waals surface area contributed by atoms with Crippen LogP contribution in [0, 0.1) is 28.6 Å². The predicted molar refractivity (Wildman–Crippen MR) is 84.1 cm³/mol. The molecule has 0 unspecified atom stereocenters. The van der Waals surface area contributed by atoms with Gasteiger partial charge in [0.2, 0.25) is 0 Å². The number of carbonyl (C=O) groups excluding carboxylic acids is 1. The molecule has 0 saturated heterocycles. The summed E-state index contributed by atoms with van der Waals surface area (Å²) in [5, 5.41) is 20.1. The Morgan fingerprint density at radius 3 is 2.59 bits per heavy atom. The van der Waals surface area contributed by atoms with Gasteiger partial charge in [-0.1, -0.05) is 25.5 Å². The first-order valence-corrected chi connectivity index (χ1v) is 8.96. The van der Waals surface area contributed by atoms with E-state index in [1.165, 1.54) is 5.57 Å². The van der Waals surface area contributed by atoms with Gasteiger partial charge in [0.1, 0.15) is 6.10 Å². The van der Waals surface area contributed by atoms with Crippen molar-refractivity contribution in [2.75, 3.05) is 0 Å². The van der Waals surface area contributed by atoms with Gasteiger partial charge >= 0.3 is 0 Å². The van der Waals surface area contributed by atoms with Crippen molar-refractivity contribution in [2.45, 2.75) is 71.0 Å². The number of aliphatic hydroxyl groups is 2. The molecule has 2 N–H and O–H groups in total. The van der Waals surface area contributed by atoms with E-state index in [0.717, 1.165) is 38.5 Å². The monoisotopic (exact) mass is 304 g/mol. The van der Waals surface area contributed by atoms with E-state index in [1.807, 2.05) is 0 Å². The van der Waals surface area contributed by atoms with Gasteiger partial charge in [0.05, 0.1) is 6.10 Å². The molecule has 4 rings (SSSR count). The highest BCUT2D eigenvalue weighted by Crippen LogP contribution is 2.63. The normalized spacial score (nSPS) is 54.3. The summed E-state index contributed by atoms with van der Waals surface area (Å²) >= 11 is 0. The second-order valence-corrected chi connectivity index (χ2v) is 8.73. The van der Waals surface area contributed by atoms with E-state index >= 15 is 0 Å². The first-order chi connectivity index (χ1) is 10.4. The number of ketones is 1. The molecule has 4 aliphatic rings. The summed E-state index contributed by atoms with van der Waals surface area (Å²) in [6.45, 7) is 4.48. The average molecular weight is 304 g/mol. The molecular formula is C19H28O3. The summed E-state index contributed by atoms with van der Waals surface area (Å²) < 4.78 is 0. The summed E-state index contributed by atoms with van der Waals surface area (Å²) in [7, 11) is 0. The molecule has 3 nitrogen and oxygen atoms in total. The molecular weight excluding hydrogens is 276 g/mol. The van der Waals surface area contributed by atoms with Gasteiger partial charge in [-0.3, -0.25) is 4.79 Å². The molecule has 0 aromatic carbocycles. The largest absolute Gasteiger partial charge is 0.393 e. The molecule has 0 aromatic heterocycles. The fourth-order valence-corrected chi connectivity index (χ4v) is 6.43. The first-order valence-electron chi connectivity index (χ1n) is 8.96. The maximum absolute atomic E-state index is 12.4. The van der Waals surface area contributed by atoms with Crippen molar-refractivity contribution in [3.8, 4) is 0 Å². The summed E-state index contributed by atoms with van der Waals surface area (Å²) in [6, 6.07) is 0. The van der Waals surface area contributed by atoms with Crippen molar-refractivity contribution in [2.24, 2.45) is 28.6 Å². The average Bonchev–Trinajstić information content (AvgIpc) is 2.72. The Balaban J connectivity index is 1.70. The summed E-state index contributed by atoms with van der Waals surface area (Å²) in [4.78, 5) is 12.4. The summed E-state index contributed by atoms with van der Waals surface area (Å²) in [5.74, 6) is 1.59. The van der Waals surface area contributed by atoms with Gasteiger partial charge in [-0.15, -0.1) is 0 Å². The third-order valence-electron chi connectivity index (χ3n) is 7.81. The van der Waals surface area contributed by atoms with Crippen molar-refractivity contribution < 1.29 is 15.0 Å². The molecule has 122 valence electrons. The van der Waals surface area contributed by atoms with Crippen LogP contribution in [0.25, 0.3) is 0 Å². The Kier molecular flexibility index (Phi) is 3.16. The number of rotatable bonds is 0. The zero-order valence-electron chi connectivity index (χ0n) is 13.7. The van der Waals surface area contributed by atoms with E-state index in [2.05, 4.69) is 19.9 Å². The van der Waals surface area contributed by atoms with E-state index < -0.39 is 6.10 Å². The number of fused-ring (bicyclic) bond motifs is 5. The van der Waals surface area contributed by atoms with Crippen LogP contribution < -0.4 is 0 Å². The smallest absolute Gasteiger partial charge is 0.167 e. The molecule has 0 radical (unpaired) electrons. The number of hydrogen-bond acceptors (Lipinski definition) is 3. The van der Waals surface area contributed by atoms with Crippen LogP contribution in [0.3, 0.4) is 0 Å². The minimum absolute atomic E-state index is 0.0925. The fourth-order valence-electron chi connectivity index (χ4n) is 6.43. The standard InChI is InChI=1S/C19H28O3/c1-18-7-5-12(20)9-11(18)3-4-13-14(18)6-8-19(2)15(13)10-16(21)17(19)22/h3,12-16,20-21H,4-10H2,1-2H3/t12-,13-,14+,15+,16+,18-,19+/m0/s1. The topological polar surface area (TPSA) is 57.5 Å². The van der Waals surface area contributed by atoms with E-state index in [0.29, 0.717) is 24.2 Å². The number of Topliss-reactive ketones (excluding diaryl/α,β-unsaturated/α-hetero) is 1. The van der Waals surface area contributed by atoms with Crippen LogP contribution in [-0.2, 0) is 4.79 Å². The lowest BCUT2D eigenvalue weighted by atomic mass is 9.48. The van der Waals surface area contributed by atoms with Crippen LogP contribution in [-0.4, -0.2) is 28.2 Å². The summed E-state index contributed by atoms with van der Waals surface area (Å²) in [5.41, 5.74) is 1.37. The Morgan fingerprint density at radius 1 is 1.09 bits per heavy atom. The van der Waals surface area contributed by atoms with Gasteiger partial charge in [-0.2, -0.15) is 0 Å². The lowest BCUT2D eigenvalue weighted by Crippen LogP contribution is -2.50. The minimum atomic E-state index is -0.736. The number of carbonyl (C=O) groups is 1. The van der Waals surface area contributed by atoms with E-state index in [1.54, 1.807) is 0 Å². The van der Waals surface area contributed by atoms with E-state index in [4.69, 9.17) is 0 Å². The molecule has 0 bridgehead atoms. The summed E-state index contributed by atoms with van der Waals surface area (Å²) in [6.07, 6.45) is 8.00. The third kappa shape index (κ3) is 1.78. The minimum Gasteiger partial charge on any atom is -0.393 e. The van der Waals surface area contributed by atoms with Crippen molar-refractivity contribution in [3.05, 3.63) is 11.6 Å². The Morgan fingerprint density at radius 2 is 1.82 bits per heavy atom. The Labute approximate surface area is 132 Å². The molecule has 7 atom stereocenters. The van der Waals surface area contributed by atoms with Crippen LogP contribution >= 0.6 is 0 Å². The van der Waals surface area contributed by atoms with Crippen LogP contribution in [0.1, 0.15) is 58.8 Å². The lowest BCUT2D eigenvalue weighted by Gasteiger charge is -2.56. The second-order valence-electron chi connectivity index (χ2n) is 8.73. The van der Waals surface area contributed by atoms with E-state index in [9.17, 15) is 15.0 Å². The highest BCUT2D eigenvalue weighted by atomic mass is 16.3. The molecule has 22 heavy (non-hydrogen) atoms. The lowest BCUT2D eigenvalue weighted by molar-refractivity contribution is -0.136. The molecule has 0 aliphatic heterocycles. The molecule has 0 heterocycles. The van der Waals surface area contributed by atoms with Gasteiger partial charge in [0.15, 0.2) is 5.78 Å². The third-order valence-corrected chi connectivity index (χ3v) is 7.81. The number of allylic oxidation sites excluding steroid dienone is 1. The zero-order valence-corrected chi connectivity index (χ0v) is 13.7.